The lowest BCUT2D eigenvalue weighted by molar-refractivity contribution is 0.0950. The number of hydrogen-bond acceptors (Lipinski definition) is 4. The van der Waals surface area contributed by atoms with Crippen molar-refractivity contribution in [1.82, 2.24) is 15.6 Å². The molecule has 6 heteroatoms. The first kappa shape index (κ1) is 20.1. The van der Waals surface area contributed by atoms with Crippen LogP contribution in [0.25, 0.3) is 0 Å². The highest BCUT2D eigenvalue weighted by atomic mass is 16.5. The SMILES string of the molecule is COc1ccccc1CNC(=O)c1cncc(C(=O)NCc2cccc(C)c2)c1. The van der Waals surface area contributed by atoms with E-state index in [0.717, 1.165) is 16.7 Å². The second kappa shape index (κ2) is 9.50. The lowest BCUT2D eigenvalue weighted by Gasteiger charge is -2.10. The number of benzene rings is 2. The van der Waals surface area contributed by atoms with E-state index < -0.39 is 0 Å². The number of aromatic nitrogens is 1. The molecule has 3 rings (SSSR count). The molecule has 6 nitrogen and oxygen atoms in total. The predicted octanol–water partition coefficient (Wildman–Crippen LogP) is 3.26. The summed E-state index contributed by atoms with van der Waals surface area (Å²) in [5.41, 5.74) is 3.67. The summed E-state index contributed by atoms with van der Waals surface area (Å²) >= 11 is 0. The number of amides is 2. The molecule has 0 aliphatic rings. The molecule has 2 amide bonds. The van der Waals surface area contributed by atoms with Crippen LogP contribution < -0.4 is 15.4 Å². The van der Waals surface area contributed by atoms with Crippen molar-refractivity contribution in [2.45, 2.75) is 20.0 Å². The van der Waals surface area contributed by atoms with Gasteiger partial charge in [0.05, 0.1) is 18.2 Å². The minimum absolute atomic E-state index is 0.279. The maximum atomic E-state index is 12.5. The van der Waals surface area contributed by atoms with E-state index in [-0.39, 0.29) is 11.8 Å². The Labute approximate surface area is 169 Å². The van der Waals surface area contributed by atoms with E-state index in [1.165, 1.54) is 18.5 Å². The first-order valence-electron chi connectivity index (χ1n) is 9.25. The monoisotopic (exact) mass is 389 g/mol. The average molecular weight is 389 g/mol. The van der Waals surface area contributed by atoms with Crippen molar-refractivity contribution in [1.29, 1.82) is 0 Å². The smallest absolute Gasteiger partial charge is 0.253 e. The molecule has 1 heterocycles. The molecule has 148 valence electrons. The van der Waals surface area contributed by atoms with Gasteiger partial charge in [-0.25, -0.2) is 0 Å². The number of pyridine rings is 1. The van der Waals surface area contributed by atoms with Crippen molar-refractivity contribution in [3.63, 3.8) is 0 Å². The summed E-state index contributed by atoms with van der Waals surface area (Å²) in [6, 6.07) is 16.9. The van der Waals surface area contributed by atoms with E-state index in [1.807, 2.05) is 55.5 Å². The summed E-state index contributed by atoms with van der Waals surface area (Å²) in [5.74, 6) is 0.116. The second-order valence-corrected chi connectivity index (χ2v) is 6.63. The zero-order valence-corrected chi connectivity index (χ0v) is 16.4. The van der Waals surface area contributed by atoms with Gasteiger partial charge in [-0.1, -0.05) is 48.0 Å². The molecule has 29 heavy (non-hydrogen) atoms. The molecule has 0 atom stereocenters. The van der Waals surface area contributed by atoms with E-state index in [0.29, 0.717) is 30.0 Å². The molecule has 2 aromatic carbocycles. The van der Waals surface area contributed by atoms with Gasteiger partial charge in [-0.15, -0.1) is 0 Å². The number of methoxy groups -OCH3 is 1. The van der Waals surface area contributed by atoms with E-state index in [2.05, 4.69) is 15.6 Å². The fourth-order valence-corrected chi connectivity index (χ4v) is 2.92. The maximum Gasteiger partial charge on any atom is 0.253 e. The zero-order valence-electron chi connectivity index (χ0n) is 16.4. The fourth-order valence-electron chi connectivity index (χ4n) is 2.92. The first-order chi connectivity index (χ1) is 14.1. The molecule has 0 spiro atoms. The number of ether oxygens (including phenoxy) is 1. The topological polar surface area (TPSA) is 80.3 Å². The van der Waals surface area contributed by atoms with E-state index in [4.69, 9.17) is 4.74 Å². The summed E-state index contributed by atoms with van der Waals surface area (Å²) in [6.07, 6.45) is 2.89. The van der Waals surface area contributed by atoms with Gasteiger partial charge < -0.3 is 15.4 Å². The number of nitrogens with zero attached hydrogens (tertiary/aromatic N) is 1. The van der Waals surface area contributed by atoms with Crippen LogP contribution in [0.15, 0.2) is 67.0 Å². The van der Waals surface area contributed by atoms with Crippen molar-refractivity contribution in [2.24, 2.45) is 0 Å². The van der Waals surface area contributed by atoms with E-state index in [1.54, 1.807) is 7.11 Å². The van der Waals surface area contributed by atoms with Crippen LogP contribution >= 0.6 is 0 Å². The van der Waals surface area contributed by atoms with Crippen molar-refractivity contribution in [3.05, 3.63) is 94.8 Å². The van der Waals surface area contributed by atoms with Crippen molar-refractivity contribution in [3.8, 4) is 5.75 Å². The normalized spacial score (nSPS) is 10.3. The van der Waals surface area contributed by atoms with Crippen LogP contribution in [0.4, 0.5) is 0 Å². The predicted molar refractivity (Wildman–Crippen MR) is 111 cm³/mol. The minimum atomic E-state index is -0.309. The van der Waals surface area contributed by atoms with Crippen LogP contribution in [0.3, 0.4) is 0 Å². The van der Waals surface area contributed by atoms with Crippen LogP contribution in [0.2, 0.25) is 0 Å². The number of nitrogens with one attached hydrogen (secondary N) is 2. The third kappa shape index (κ3) is 5.42. The fraction of sp³-hybridized carbons (Fsp3) is 0.174. The standard InChI is InChI=1S/C23H23N3O3/c1-16-6-5-7-17(10-16)12-25-22(27)19-11-20(14-24-13-19)23(28)26-15-18-8-3-4-9-21(18)29-2/h3-11,13-14H,12,15H2,1-2H3,(H,25,27)(H,26,28). The van der Waals surface area contributed by atoms with Gasteiger partial charge in [0.15, 0.2) is 0 Å². The van der Waals surface area contributed by atoms with Crippen molar-refractivity contribution >= 4 is 11.8 Å². The Kier molecular flexibility index (Phi) is 6.58. The Morgan fingerprint density at radius 1 is 0.897 bits per heavy atom. The van der Waals surface area contributed by atoms with Gasteiger partial charge in [0.25, 0.3) is 11.8 Å². The Hall–Kier alpha value is -3.67. The molecule has 0 aliphatic heterocycles. The van der Waals surface area contributed by atoms with E-state index in [9.17, 15) is 9.59 Å². The number of para-hydroxylation sites is 1. The van der Waals surface area contributed by atoms with Crippen LogP contribution in [-0.4, -0.2) is 23.9 Å². The number of aryl methyl sites for hydroxylation is 1. The minimum Gasteiger partial charge on any atom is -0.496 e. The first-order valence-corrected chi connectivity index (χ1v) is 9.25. The molecule has 0 bridgehead atoms. The lowest BCUT2D eigenvalue weighted by atomic mass is 10.1. The molecule has 0 unspecified atom stereocenters. The van der Waals surface area contributed by atoms with Crippen LogP contribution in [0, 0.1) is 6.92 Å². The average Bonchev–Trinajstić information content (AvgIpc) is 2.76. The number of carbonyl (C=O) groups is 2. The Balaban J connectivity index is 1.62. The number of hydrogen-bond donors (Lipinski definition) is 2. The molecule has 1 aromatic heterocycles. The molecule has 0 aliphatic carbocycles. The van der Waals surface area contributed by atoms with Crippen LogP contribution in [0.5, 0.6) is 5.75 Å². The van der Waals surface area contributed by atoms with Gasteiger partial charge in [-0.05, 0) is 24.6 Å². The summed E-state index contributed by atoms with van der Waals surface area (Å²) < 4.78 is 5.29. The highest BCUT2D eigenvalue weighted by Crippen LogP contribution is 2.17. The summed E-state index contributed by atoms with van der Waals surface area (Å²) in [6.45, 7) is 2.72. The highest BCUT2D eigenvalue weighted by molar-refractivity contribution is 5.99. The molecule has 0 fully saturated rings. The largest absolute Gasteiger partial charge is 0.496 e. The lowest BCUT2D eigenvalue weighted by Crippen LogP contribution is -2.25. The summed E-state index contributed by atoms with van der Waals surface area (Å²) in [5, 5.41) is 5.68. The van der Waals surface area contributed by atoms with Gasteiger partial charge >= 0.3 is 0 Å². The molecular formula is C23H23N3O3. The summed E-state index contributed by atoms with van der Waals surface area (Å²) in [7, 11) is 1.59. The zero-order chi connectivity index (χ0) is 20.6. The Bertz CT molecular complexity index is 1020. The Morgan fingerprint density at radius 3 is 2.28 bits per heavy atom. The number of rotatable bonds is 7. The quantitative estimate of drug-likeness (QED) is 0.650. The van der Waals surface area contributed by atoms with E-state index >= 15 is 0 Å². The van der Waals surface area contributed by atoms with Gasteiger partial charge in [-0.3, -0.25) is 14.6 Å². The van der Waals surface area contributed by atoms with Crippen molar-refractivity contribution in [2.75, 3.05) is 7.11 Å². The molecule has 2 N–H and O–H groups in total. The summed E-state index contributed by atoms with van der Waals surface area (Å²) in [4.78, 5) is 29.0. The molecule has 3 aromatic rings. The molecular weight excluding hydrogens is 366 g/mol. The van der Waals surface area contributed by atoms with Gasteiger partial charge in [0.2, 0.25) is 0 Å². The number of carbonyl (C=O) groups excluding carboxylic acids is 2. The van der Waals surface area contributed by atoms with Gasteiger partial charge in [-0.2, -0.15) is 0 Å². The van der Waals surface area contributed by atoms with Crippen LogP contribution in [-0.2, 0) is 13.1 Å². The Morgan fingerprint density at radius 2 is 1.59 bits per heavy atom. The maximum absolute atomic E-state index is 12.5. The molecule has 0 saturated carbocycles. The van der Waals surface area contributed by atoms with Gasteiger partial charge in [0, 0.05) is 31.0 Å². The molecule has 0 radical (unpaired) electrons. The second-order valence-electron chi connectivity index (χ2n) is 6.63. The third-order valence-electron chi connectivity index (χ3n) is 4.43. The van der Waals surface area contributed by atoms with Gasteiger partial charge in [0.1, 0.15) is 5.75 Å². The van der Waals surface area contributed by atoms with Crippen LogP contribution in [0.1, 0.15) is 37.4 Å². The van der Waals surface area contributed by atoms with Crippen molar-refractivity contribution < 1.29 is 14.3 Å². The third-order valence-corrected chi connectivity index (χ3v) is 4.43. The molecule has 0 saturated heterocycles. The highest BCUT2D eigenvalue weighted by Gasteiger charge is 2.12.